The van der Waals surface area contributed by atoms with Crippen LogP contribution in [0.2, 0.25) is 5.15 Å². The third-order valence-electron chi connectivity index (χ3n) is 3.18. The van der Waals surface area contributed by atoms with E-state index >= 15 is 0 Å². The summed E-state index contributed by atoms with van der Waals surface area (Å²) >= 11 is 5.64. The van der Waals surface area contributed by atoms with Crippen molar-refractivity contribution in [1.82, 2.24) is 14.9 Å². The number of carbonyl (C=O) groups excluding carboxylic acids is 1. The first-order valence-corrected chi connectivity index (χ1v) is 6.46. The van der Waals surface area contributed by atoms with Crippen LogP contribution in [-0.2, 0) is 0 Å². The van der Waals surface area contributed by atoms with Crippen LogP contribution in [0.3, 0.4) is 0 Å². The second-order valence-electron chi connectivity index (χ2n) is 4.50. The fraction of sp³-hybridized carbons (Fsp3) is 0.583. The number of hydrogen-bond acceptors (Lipinski definition) is 4. The van der Waals surface area contributed by atoms with Crippen LogP contribution in [0.15, 0.2) is 12.4 Å². The number of hydrogen-bond donors (Lipinski definition) is 1. The summed E-state index contributed by atoms with van der Waals surface area (Å²) in [6.45, 7) is 1.60. The van der Waals surface area contributed by atoms with Crippen molar-refractivity contribution in [2.75, 3.05) is 19.7 Å². The van der Waals surface area contributed by atoms with Crippen molar-refractivity contribution in [2.24, 2.45) is 5.92 Å². The zero-order valence-corrected chi connectivity index (χ0v) is 10.8. The molecule has 18 heavy (non-hydrogen) atoms. The van der Waals surface area contributed by atoms with Gasteiger partial charge in [0.25, 0.3) is 5.91 Å². The molecular formula is C12H16ClN3O2. The molecule has 0 spiro atoms. The third-order valence-corrected chi connectivity index (χ3v) is 3.38. The molecule has 1 aliphatic rings. The average molecular weight is 270 g/mol. The maximum Gasteiger partial charge on any atom is 0.274 e. The molecule has 0 aliphatic carbocycles. The summed E-state index contributed by atoms with van der Waals surface area (Å²) in [6.07, 6.45) is 5.56. The van der Waals surface area contributed by atoms with Crippen molar-refractivity contribution >= 4 is 17.5 Å². The molecule has 98 valence electrons. The van der Waals surface area contributed by atoms with E-state index in [4.69, 9.17) is 16.7 Å². The highest BCUT2D eigenvalue weighted by atomic mass is 35.5. The molecule has 5 nitrogen and oxygen atoms in total. The number of piperidine rings is 1. The minimum absolute atomic E-state index is 0.109. The van der Waals surface area contributed by atoms with Crippen LogP contribution >= 0.6 is 11.6 Å². The first-order valence-electron chi connectivity index (χ1n) is 6.08. The van der Waals surface area contributed by atoms with E-state index in [1.54, 1.807) is 4.90 Å². The summed E-state index contributed by atoms with van der Waals surface area (Å²) in [5.41, 5.74) is 0.323. The zero-order valence-electron chi connectivity index (χ0n) is 10.0. The quantitative estimate of drug-likeness (QED) is 0.900. The number of aliphatic hydroxyl groups is 1. The lowest BCUT2D eigenvalue weighted by Crippen LogP contribution is -2.40. The van der Waals surface area contributed by atoms with Gasteiger partial charge in [0, 0.05) is 19.7 Å². The van der Waals surface area contributed by atoms with Crippen LogP contribution in [0, 0.1) is 5.92 Å². The van der Waals surface area contributed by atoms with E-state index in [-0.39, 0.29) is 17.7 Å². The number of nitrogens with zero attached hydrogens (tertiary/aromatic N) is 3. The molecule has 1 saturated heterocycles. The highest BCUT2D eigenvalue weighted by molar-refractivity contribution is 6.29. The maximum atomic E-state index is 12.2. The lowest BCUT2D eigenvalue weighted by molar-refractivity contribution is 0.0647. The first-order chi connectivity index (χ1) is 8.70. The second kappa shape index (κ2) is 6.11. The molecular weight excluding hydrogens is 254 g/mol. The first kappa shape index (κ1) is 13.2. The molecule has 0 aromatic carbocycles. The Balaban J connectivity index is 2.02. The Bertz CT molecular complexity index is 408. The van der Waals surface area contributed by atoms with E-state index < -0.39 is 0 Å². The highest BCUT2D eigenvalue weighted by Gasteiger charge is 2.24. The monoisotopic (exact) mass is 269 g/mol. The summed E-state index contributed by atoms with van der Waals surface area (Å²) in [7, 11) is 0. The van der Waals surface area contributed by atoms with Crippen molar-refractivity contribution in [3.05, 3.63) is 23.2 Å². The molecule has 2 rings (SSSR count). The van der Waals surface area contributed by atoms with Gasteiger partial charge >= 0.3 is 0 Å². The van der Waals surface area contributed by atoms with Gasteiger partial charge in [0.2, 0.25) is 0 Å². The molecule has 1 amide bonds. The largest absolute Gasteiger partial charge is 0.396 e. The van der Waals surface area contributed by atoms with Gasteiger partial charge in [-0.15, -0.1) is 0 Å². The van der Waals surface area contributed by atoms with Gasteiger partial charge < -0.3 is 10.0 Å². The van der Waals surface area contributed by atoms with E-state index in [2.05, 4.69) is 9.97 Å². The van der Waals surface area contributed by atoms with Gasteiger partial charge in [0.15, 0.2) is 0 Å². The minimum Gasteiger partial charge on any atom is -0.396 e. The average Bonchev–Trinajstić information content (AvgIpc) is 2.39. The van der Waals surface area contributed by atoms with Crippen molar-refractivity contribution < 1.29 is 9.90 Å². The van der Waals surface area contributed by atoms with Crippen molar-refractivity contribution in [1.29, 1.82) is 0 Å². The highest BCUT2D eigenvalue weighted by Crippen LogP contribution is 2.20. The van der Waals surface area contributed by atoms with E-state index in [1.165, 1.54) is 12.4 Å². The van der Waals surface area contributed by atoms with Gasteiger partial charge in [0.1, 0.15) is 10.8 Å². The molecule has 1 aromatic rings. The number of likely N-dealkylation sites (tertiary alicyclic amines) is 1. The molecule has 1 aromatic heterocycles. The van der Waals surface area contributed by atoms with Gasteiger partial charge in [-0.3, -0.25) is 4.79 Å². The number of carbonyl (C=O) groups is 1. The normalized spacial score (nSPS) is 19.9. The minimum atomic E-state index is -0.109. The van der Waals surface area contributed by atoms with Gasteiger partial charge in [0.05, 0.1) is 12.4 Å². The second-order valence-corrected chi connectivity index (χ2v) is 4.88. The molecule has 1 unspecified atom stereocenters. The van der Waals surface area contributed by atoms with Gasteiger partial charge in [-0.05, 0) is 25.2 Å². The molecule has 0 bridgehead atoms. The Kier molecular flexibility index (Phi) is 4.49. The fourth-order valence-corrected chi connectivity index (χ4v) is 2.35. The Morgan fingerprint density at radius 1 is 1.50 bits per heavy atom. The number of amides is 1. The zero-order chi connectivity index (χ0) is 13.0. The summed E-state index contributed by atoms with van der Waals surface area (Å²) in [4.78, 5) is 21.8. The van der Waals surface area contributed by atoms with Crippen LogP contribution < -0.4 is 0 Å². The Morgan fingerprint density at radius 3 is 3.00 bits per heavy atom. The predicted octanol–water partition coefficient (Wildman–Crippen LogP) is 1.36. The number of aromatic nitrogens is 2. The SMILES string of the molecule is O=C(c1cnc(Cl)cn1)N1CCCC(CCO)C1. The van der Waals surface area contributed by atoms with Crippen LogP contribution in [0.4, 0.5) is 0 Å². The van der Waals surface area contributed by atoms with Crippen LogP contribution in [0.5, 0.6) is 0 Å². The Labute approximate surface area is 111 Å². The standard InChI is InChI=1S/C12H16ClN3O2/c13-11-7-14-10(6-15-11)12(18)16-4-1-2-9(8-16)3-5-17/h6-7,9,17H,1-5,8H2. The molecule has 0 radical (unpaired) electrons. The third kappa shape index (κ3) is 3.17. The van der Waals surface area contributed by atoms with E-state index in [0.29, 0.717) is 18.2 Å². The molecule has 1 atom stereocenters. The van der Waals surface area contributed by atoms with Crippen LogP contribution in [0.25, 0.3) is 0 Å². The van der Waals surface area contributed by atoms with Crippen LogP contribution in [-0.4, -0.2) is 45.6 Å². The molecule has 1 fully saturated rings. The van der Waals surface area contributed by atoms with Crippen LogP contribution in [0.1, 0.15) is 29.8 Å². The fourth-order valence-electron chi connectivity index (χ4n) is 2.25. The number of halogens is 1. The van der Waals surface area contributed by atoms with E-state index in [1.807, 2.05) is 0 Å². The van der Waals surface area contributed by atoms with Gasteiger partial charge in [-0.1, -0.05) is 11.6 Å². The Morgan fingerprint density at radius 2 is 2.33 bits per heavy atom. The smallest absolute Gasteiger partial charge is 0.274 e. The van der Waals surface area contributed by atoms with Crippen molar-refractivity contribution in [3.8, 4) is 0 Å². The topological polar surface area (TPSA) is 66.3 Å². The van der Waals surface area contributed by atoms with E-state index in [0.717, 1.165) is 25.8 Å². The molecule has 6 heteroatoms. The molecule has 0 saturated carbocycles. The predicted molar refractivity (Wildman–Crippen MR) is 67.4 cm³/mol. The maximum absolute atomic E-state index is 12.2. The summed E-state index contributed by atoms with van der Waals surface area (Å²) in [5, 5.41) is 9.23. The summed E-state index contributed by atoms with van der Waals surface area (Å²) in [5.74, 6) is 0.273. The van der Waals surface area contributed by atoms with Gasteiger partial charge in [-0.25, -0.2) is 9.97 Å². The number of rotatable bonds is 3. The molecule has 2 heterocycles. The molecule has 1 N–H and O–H groups in total. The lowest BCUT2D eigenvalue weighted by Gasteiger charge is -2.32. The van der Waals surface area contributed by atoms with Crippen molar-refractivity contribution in [3.63, 3.8) is 0 Å². The van der Waals surface area contributed by atoms with Crippen molar-refractivity contribution in [2.45, 2.75) is 19.3 Å². The summed E-state index contributed by atoms with van der Waals surface area (Å²) in [6, 6.07) is 0. The number of aliphatic hydroxyl groups excluding tert-OH is 1. The lowest BCUT2D eigenvalue weighted by atomic mass is 9.95. The van der Waals surface area contributed by atoms with E-state index in [9.17, 15) is 4.79 Å². The molecule has 1 aliphatic heterocycles. The Hall–Kier alpha value is -1.20. The van der Waals surface area contributed by atoms with Gasteiger partial charge in [-0.2, -0.15) is 0 Å². The summed E-state index contributed by atoms with van der Waals surface area (Å²) < 4.78 is 0.